The van der Waals surface area contributed by atoms with Gasteiger partial charge in [-0.25, -0.2) is 0 Å². The third kappa shape index (κ3) is 2.59. The summed E-state index contributed by atoms with van der Waals surface area (Å²) >= 11 is 11.2. The second-order valence-electron chi connectivity index (χ2n) is 6.51. The number of nitrogens with one attached hydrogen (secondary N) is 1. The summed E-state index contributed by atoms with van der Waals surface area (Å²) in [6.07, 6.45) is 0.830. The average molecular weight is 361 g/mol. The number of rotatable bonds is 2. The van der Waals surface area contributed by atoms with Gasteiger partial charge in [0.15, 0.2) is 0 Å². The first-order valence-electron chi connectivity index (χ1n) is 7.08. The number of nitrogens with zero attached hydrogens (tertiary/aromatic N) is 1. The van der Waals surface area contributed by atoms with E-state index in [0.717, 1.165) is 24.2 Å². The molecule has 4 nitrogen and oxygen atoms in total. The Hall–Kier alpha value is -0.590. The molecule has 1 aromatic heterocycles. The largest absolute Gasteiger partial charge is 0.598 e. The molecule has 0 spiro atoms. The van der Waals surface area contributed by atoms with Gasteiger partial charge in [0.05, 0.1) is 21.6 Å². The highest BCUT2D eigenvalue weighted by Crippen LogP contribution is 2.43. The maximum absolute atomic E-state index is 12.3. The zero-order valence-electron chi connectivity index (χ0n) is 12.6. The van der Waals surface area contributed by atoms with Gasteiger partial charge in [0.25, 0.3) is 0 Å². The summed E-state index contributed by atoms with van der Waals surface area (Å²) in [4.78, 5) is 0. The lowest BCUT2D eigenvalue weighted by molar-refractivity contribution is 0.481. The van der Waals surface area contributed by atoms with Crippen LogP contribution in [0.4, 0.5) is 0 Å². The van der Waals surface area contributed by atoms with Crippen LogP contribution in [0.1, 0.15) is 38.9 Å². The lowest BCUT2D eigenvalue weighted by Crippen LogP contribution is -2.40. The van der Waals surface area contributed by atoms with Gasteiger partial charge in [-0.15, -0.1) is 4.72 Å². The zero-order chi connectivity index (χ0) is 16.2. The molecule has 2 N–H and O–H groups in total. The molecule has 0 unspecified atom stereocenters. The summed E-state index contributed by atoms with van der Waals surface area (Å²) in [6, 6.07) is 3.33. The van der Waals surface area contributed by atoms with E-state index in [-0.39, 0.29) is 16.5 Å². The number of hydrogen-bond donors (Lipinski definition) is 2. The number of benzene rings is 1. The smallest absolute Gasteiger partial charge is 0.136 e. The molecule has 2 heterocycles. The first-order valence-corrected chi connectivity index (χ1v) is 8.99. The third-order valence-electron chi connectivity index (χ3n) is 3.89. The number of fused-ring (bicyclic) bond motifs is 3. The molecule has 3 rings (SSSR count). The molecule has 1 aromatic carbocycles. The Morgan fingerprint density at radius 3 is 2.68 bits per heavy atom. The van der Waals surface area contributed by atoms with Gasteiger partial charge in [-0.3, -0.25) is 0 Å². The van der Waals surface area contributed by atoms with Gasteiger partial charge in [-0.2, -0.15) is 0 Å². The molecular formula is C15H18Cl2N2O2S. The highest BCUT2D eigenvalue weighted by atomic mass is 35.5. The highest BCUT2D eigenvalue weighted by molar-refractivity contribution is 7.90. The fraction of sp³-hybridized carbons (Fsp3) is 0.467. The van der Waals surface area contributed by atoms with Crippen LogP contribution in [0, 0.1) is 0 Å². The zero-order valence-corrected chi connectivity index (χ0v) is 14.9. The first kappa shape index (κ1) is 16.3. The molecule has 7 heteroatoms. The molecule has 2 aromatic rings. The van der Waals surface area contributed by atoms with Crippen molar-refractivity contribution in [3.05, 3.63) is 27.9 Å². The molecule has 0 radical (unpaired) electrons. The van der Waals surface area contributed by atoms with Crippen molar-refractivity contribution in [2.75, 3.05) is 0 Å². The maximum atomic E-state index is 12.3. The van der Waals surface area contributed by atoms with E-state index in [0.29, 0.717) is 15.4 Å². The molecule has 120 valence electrons. The minimum absolute atomic E-state index is 0.0262. The van der Waals surface area contributed by atoms with Gasteiger partial charge in [0.2, 0.25) is 0 Å². The molecule has 1 aliphatic heterocycles. The summed E-state index contributed by atoms with van der Waals surface area (Å²) in [5.74, 6) is 0.113. The van der Waals surface area contributed by atoms with Crippen LogP contribution in [0.2, 0.25) is 10.0 Å². The van der Waals surface area contributed by atoms with Gasteiger partial charge in [-0.1, -0.05) is 23.2 Å². The van der Waals surface area contributed by atoms with Gasteiger partial charge in [-0.05, 0) is 33.3 Å². The number of phenolic OH excluding ortho intramolecular Hbond substituents is 1. The summed E-state index contributed by atoms with van der Waals surface area (Å²) in [5, 5.41) is 11.6. The van der Waals surface area contributed by atoms with E-state index >= 15 is 0 Å². The van der Waals surface area contributed by atoms with E-state index in [1.165, 1.54) is 6.07 Å². The van der Waals surface area contributed by atoms with E-state index in [9.17, 15) is 9.66 Å². The second kappa shape index (κ2) is 5.49. The monoisotopic (exact) mass is 360 g/mol. The highest BCUT2D eigenvalue weighted by Gasteiger charge is 2.34. The number of hydrogen-bond acceptors (Lipinski definition) is 3. The van der Waals surface area contributed by atoms with Crippen molar-refractivity contribution in [1.82, 2.24) is 9.29 Å². The lowest BCUT2D eigenvalue weighted by atomic mass is 10.1. The van der Waals surface area contributed by atoms with Crippen LogP contribution in [-0.4, -0.2) is 19.0 Å². The number of aromatic hydroxyl groups is 1. The van der Waals surface area contributed by atoms with Crippen LogP contribution in [0.3, 0.4) is 0 Å². The Kier molecular flexibility index (Phi) is 4.06. The van der Waals surface area contributed by atoms with Crippen molar-refractivity contribution in [1.29, 1.82) is 0 Å². The minimum Gasteiger partial charge on any atom is -0.598 e. The fourth-order valence-corrected chi connectivity index (χ4v) is 4.04. The number of halogens is 2. The predicted molar refractivity (Wildman–Crippen MR) is 92.0 cm³/mol. The summed E-state index contributed by atoms with van der Waals surface area (Å²) in [6.45, 7) is 6.55. The van der Waals surface area contributed by atoms with Gasteiger partial charge in [0, 0.05) is 35.1 Å². The van der Waals surface area contributed by atoms with Crippen LogP contribution >= 0.6 is 23.2 Å². The minimum atomic E-state index is -1.16. The van der Waals surface area contributed by atoms with Crippen LogP contribution in [-0.2, 0) is 17.9 Å². The van der Waals surface area contributed by atoms with Gasteiger partial charge in [0.1, 0.15) is 10.5 Å². The van der Waals surface area contributed by atoms with Gasteiger partial charge < -0.3 is 14.2 Å². The van der Waals surface area contributed by atoms with Crippen molar-refractivity contribution < 1.29 is 9.66 Å². The molecule has 1 aliphatic rings. The second-order valence-corrected chi connectivity index (χ2v) is 9.30. The Morgan fingerprint density at radius 2 is 2.05 bits per heavy atom. The van der Waals surface area contributed by atoms with Crippen LogP contribution in [0.15, 0.2) is 12.1 Å². The summed E-state index contributed by atoms with van der Waals surface area (Å²) in [7, 11) is 0. The maximum Gasteiger partial charge on any atom is 0.136 e. The SMILES string of the molecule is CC(C)(C)[S@@+]([O-])N[C@H]1CCn2c1cc1c(O)cc(Cl)c(Cl)c12. The van der Waals surface area contributed by atoms with Crippen LogP contribution < -0.4 is 4.72 Å². The molecule has 0 fully saturated rings. The Bertz CT molecular complexity index is 739. The number of phenols is 1. The topological polar surface area (TPSA) is 60.2 Å². The Labute approximate surface area is 142 Å². The van der Waals surface area contributed by atoms with Crippen molar-refractivity contribution in [3.8, 4) is 5.75 Å². The normalized spacial score (nSPS) is 19.6. The quantitative estimate of drug-likeness (QED) is 0.790. The average Bonchev–Trinajstić information content (AvgIpc) is 2.95. The first-order chi connectivity index (χ1) is 10.2. The molecule has 0 saturated heterocycles. The number of aryl methyl sites for hydroxylation is 1. The van der Waals surface area contributed by atoms with Crippen molar-refractivity contribution in [2.45, 2.75) is 44.5 Å². The van der Waals surface area contributed by atoms with Crippen LogP contribution in [0.5, 0.6) is 5.75 Å². The van der Waals surface area contributed by atoms with Crippen molar-refractivity contribution >= 4 is 45.5 Å². The van der Waals surface area contributed by atoms with E-state index < -0.39 is 11.4 Å². The molecule has 2 atom stereocenters. The molecule has 0 amide bonds. The third-order valence-corrected chi connectivity index (χ3v) is 6.28. The van der Waals surface area contributed by atoms with Crippen LogP contribution in [0.25, 0.3) is 10.9 Å². The van der Waals surface area contributed by atoms with Gasteiger partial charge >= 0.3 is 0 Å². The lowest BCUT2D eigenvalue weighted by Gasteiger charge is -2.26. The van der Waals surface area contributed by atoms with E-state index in [2.05, 4.69) is 4.72 Å². The fourth-order valence-electron chi connectivity index (χ4n) is 2.74. The molecule has 0 aliphatic carbocycles. The van der Waals surface area contributed by atoms with E-state index in [1.807, 2.05) is 31.4 Å². The Balaban J connectivity index is 2.04. The van der Waals surface area contributed by atoms with Crippen molar-refractivity contribution in [3.63, 3.8) is 0 Å². The molecule has 0 bridgehead atoms. The summed E-state index contributed by atoms with van der Waals surface area (Å²) < 4.78 is 17.2. The molecular weight excluding hydrogens is 343 g/mol. The molecule has 0 saturated carbocycles. The van der Waals surface area contributed by atoms with E-state index in [4.69, 9.17) is 23.2 Å². The predicted octanol–water partition coefficient (Wildman–Crippen LogP) is 4.15. The number of aromatic nitrogens is 1. The molecule has 22 heavy (non-hydrogen) atoms. The Morgan fingerprint density at radius 1 is 1.36 bits per heavy atom. The standard InChI is InChI=1S/C15H18Cl2N2O2S/c1-15(2,3)22(21)18-10-4-5-19-11(10)6-8-12(20)7-9(16)13(17)14(8)19/h6-7,10,18,20H,4-5H2,1-3H3/t10-,22+/m0/s1. The summed E-state index contributed by atoms with van der Waals surface area (Å²) in [5.41, 5.74) is 1.72. The van der Waals surface area contributed by atoms with Crippen molar-refractivity contribution in [2.24, 2.45) is 0 Å². The van der Waals surface area contributed by atoms with E-state index in [1.54, 1.807) is 0 Å².